The molecule has 1 aromatic heterocycles. The molecule has 1 aliphatic carbocycles. The van der Waals surface area contributed by atoms with Crippen molar-refractivity contribution in [1.82, 2.24) is 9.55 Å². The molecule has 0 radical (unpaired) electrons. The molecule has 0 bridgehead atoms. The molecule has 2 aromatic rings. The molecule has 5 heteroatoms. The lowest BCUT2D eigenvalue weighted by Crippen LogP contribution is -2.44. The van der Waals surface area contributed by atoms with Gasteiger partial charge in [-0.2, -0.15) is 4.98 Å². The first kappa shape index (κ1) is 18.4. The van der Waals surface area contributed by atoms with E-state index in [1.54, 1.807) is 4.57 Å². The highest BCUT2D eigenvalue weighted by Gasteiger charge is 2.32. The topological polar surface area (TPSA) is 53.4 Å². The second kappa shape index (κ2) is 7.35. The fraction of sp³-hybridized carbons (Fsp3) is 0.500. The summed E-state index contributed by atoms with van der Waals surface area (Å²) in [4.78, 5) is 16.7. The monoisotopic (exact) mass is 390 g/mol. The number of ether oxygens (including phenoxy) is 2. The maximum atomic E-state index is 12.5. The van der Waals surface area contributed by atoms with E-state index in [0.717, 1.165) is 29.7 Å². The zero-order chi connectivity index (χ0) is 20.0. The number of hydrogen-bond acceptors (Lipinski definition) is 4. The van der Waals surface area contributed by atoms with Gasteiger partial charge in [0.1, 0.15) is 6.61 Å². The second-order valence-corrected chi connectivity index (χ2v) is 8.67. The van der Waals surface area contributed by atoms with Crippen LogP contribution in [0.2, 0.25) is 0 Å². The third-order valence-corrected chi connectivity index (χ3v) is 5.99. The Morgan fingerprint density at radius 2 is 2.14 bits per heavy atom. The van der Waals surface area contributed by atoms with Crippen molar-refractivity contribution in [3.05, 3.63) is 45.9 Å². The summed E-state index contributed by atoms with van der Waals surface area (Å²) in [5.41, 5.74) is 3.97. The fourth-order valence-electron chi connectivity index (χ4n) is 3.98. The van der Waals surface area contributed by atoms with Crippen molar-refractivity contribution in [3.63, 3.8) is 0 Å². The van der Waals surface area contributed by atoms with Gasteiger partial charge < -0.3 is 9.47 Å². The van der Waals surface area contributed by atoms with Gasteiger partial charge in [0.25, 0.3) is 0 Å². The summed E-state index contributed by atoms with van der Waals surface area (Å²) < 4.78 is 13.4. The second-order valence-electron chi connectivity index (χ2n) is 8.67. The van der Waals surface area contributed by atoms with Crippen LogP contribution in [0.25, 0.3) is 11.3 Å². The number of aromatic nitrogens is 2. The molecule has 2 aliphatic heterocycles. The van der Waals surface area contributed by atoms with E-state index in [4.69, 9.17) is 9.47 Å². The predicted molar refractivity (Wildman–Crippen MR) is 111 cm³/mol. The minimum absolute atomic E-state index is 0.0860. The highest BCUT2D eigenvalue weighted by atomic mass is 16.6. The van der Waals surface area contributed by atoms with E-state index in [9.17, 15) is 4.79 Å². The minimum Gasteiger partial charge on any atom is -0.475 e. The van der Waals surface area contributed by atoms with Crippen molar-refractivity contribution in [2.75, 3.05) is 6.61 Å². The summed E-state index contributed by atoms with van der Waals surface area (Å²) in [6, 6.07) is 8.16. The zero-order valence-electron chi connectivity index (χ0n) is 17.0. The van der Waals surface area contributed by atoms with E-state index < -0.39 is 0 Å². The number of hydrogen-bond donors (Lipinski definition) is 0. The molecule has 5 nitrogen and oxygen atoms in total. The molecule has 5 rings (SSSR count). The van der Waals surface area contributed by atoms with Gasteiger partial charge in [0.2, 0.25) is 5.88 Å². The van der Waals surface area contributed by atoms with E-state index in [-0.39, 0.29) is 11.8 Å². The van der Waals surface area contributed by atoms with Gasteiger partial charge in [0.05, 0.1) is 17.9 Å². The maximum Gasteiger partial charge on any atom is 0.351 e. The molecule has 0 amide bonds. The lowest BCUT2D eigenvalue weighted by Gasteiger charge is -2.38. The molecule has 1 unspecified atom stereocenters. The van der Waals surface area contributed by atoms with Crippen LogP contribution in [0.1, 0.15) is 44.2 Å². The number of nitrogens with zero attached hydrogens (tertiary/aromatic N) is 2. The first-order chi connectivity index (χ1) is 14.1. The Morgan fingerprint density at radius 1 is 1.31 bits per heavy atom. The van der Waals surface area contributed by atoms with Gasteiger partial charge in [-0.25, -0.2) is 4.79 Å². The van der Waals surface area contributed by atoms with Gasteiger partial charge in [-0.05, 0) is 42.9 Å². The van der Waals surface area contributed by atoms with Gasteiger partial charge in [-0.1, -0.05) is 31.8 Å². The first-order valence-electron chi connectivity index (χ1n) is 10.6. The third-order valence-electron chi connectivity index (χ3n) is 5.99. The molecular weight excluding hydrogens is 364 g/mol. The minimum atomic E-state index is -0.254. The van der Waals surface area contributed by atoms with Crippen molar-refractivity contribution in [2.45, 2.75) is 58.3 Å². The summed E-state index contributed by atoms with van der Waals surface area (Å²) in [5.74, 6) is 8.10. The van der Waals surface area contributed by atoms with Gasteiger partial charge in [-0.15, -0.1) is 0 Å². The highest BCUT2D eigenvalue weighted by Crippen LogP contribution is 2.32. The van der Waals surface area contributed by atoms with Gasteiger partial charge in [0.15, 0.2) is 0 Å². The molecule has 3 heterocycles. The van der Waals surface area contributed by atoms with Gasteiger partial charge in [-0.3, -0.25) is 4.57 Å². The average molecular weight is 390 g/mol. The van der Waals surface area contributed by atoms with E-state index in [1.807, 2.05) is 12.1 Å². The lowest BCUT2D eigenvalue weighted by molar-refractivity contribution is -0.156. The molecule has 2 atom stereocenters. The molecule has 3 aliphatic rings. The summed E-state index contributed by atoms with van der Waals surface area (Å²) >= 11 is 0. The molecule has 1 saturated heterocycles. The fourth-order valence-corrected chi connectivity index (χ4v) is 3.98. The number of rotatable bonds is 4. The van der Waals surface area contributed by atoms with Gasteiger partial charge >= 0.3 is 5.69 Å². The number of aryl methyl sites for hydroxylation is 1. The first-order valence-corrected chi connectivity index (χ1v) is 10.6. The predicted octanol–water partition coefficient (Wildman–Crippen LogP) is 3.42. The maximum absolute atomic E-state index is 12.5. The molecule has 1 aromatic carbocycles. The number of fused-ring (bicyclic) bond motifs is 3. The van der Waals surface area contributed by atoms with Crippen molar-refractivity contribution in [1.29, 1.82) is 0 Å². The van der Waals surface area contributed by atoms with E-state index in [1.165, 1.54) is 18.4 Å². The van der Waals surface area contributed by atoms with Crippen molar-refractivity contribution in [3.8, 4) is 29.0 Å². The van der Waals surface area contributed by atoms with Crippen LogP contribution >= 0.6 is 0 Å². The van der Waals surface area contributed by atoms with Crippen LogP contribution in [0.3, 0.4) is 0 Å². The SMILES string of the molecule is CC(C)[C@H]1CC(COc2cc3n(c(=O)n2)CCc2cc(C#CC4CC4)ccc2-3)O1. The number of benzene rings is 1. The molecule has 29 heavy (non-hydrogen) atoms. The van der Waals surface area contributed by atoms with E-state index >= 15 is 0 Å². The smallest absolute Gasteiger partial charge is 0.351 e. The molecule has 0 N–H and O–H groups in total. The molecule has 0 spiro atoms. The van der Waals surface area contributed by atoms with Crippen LogP contribution in [-0.4, -0.2) is 28.4 Å². The molecule has 150 valence electrons. The molecule has 1 saturated carbocycles. The van der Waals surface area contributed by atoms with Crippen molar-refractivity contribution in [2.24, 2.45) is 11.8 Å². The summed E-state index contributed by atoms with van der Waals surface area (Å²) in [7, 11) is 0. The van der Waals surface area contributed by atoms with Crippen LogP contribution in [0, 0.1) is 23.7 Å². The summed E-state index contributed by atoms with van der Waals surface area (Å²) in [6.45, 7) is 5.39. The van der Waals surface area contributed by atoms with Crippen LogP contribution in [-0.2, 0) is 17.7 Å². The zero-order valence-corrected chi connectivity index (χ0v) is 17.0. The van der Waals surface area contributed by atoms with Crippen LogP contribution in [0.15, 0.2) is 29.1 Å². The largest absolute Gasteiger partial charge is 0.475 e. The Kier molecular flexibility index (Phi) is 4.67. The standard InChI is InChI=1S/C24H26N2O3/c1-15(2)22-12-19(29-22)14-28-23-13-21-20-8-7-17(6-5-16-3-4-16)11-18(20)9-10-26(21)24(27)25-23/h7-8,11,13,15-16,19,22H,3-4,9-10,12,14H2,1-2H3/t19?,22-/m1/s1. The Labute approximate surface area is 171 Å². The van der Waals surface area contributed by atoms with Crippen molar-refractivity contribution < 1.29 is 9.47 Å². The Bertz CT molecular complexity index is 1050. The normalized spacial score (nSPS) is 22.2. The quantitative estimate of drug-likeness (QED) is 0.751. The Balaban J connectivity index is 1.35. The van der Waals surface area contributed by atoms with E-state index in [0.29, 0.717) is 37.0 Å². The Hall–Kier alpha value is -2.58. The summed E-state index contributed by atoms with van der Waals surface area (Å²) in [6.07, 6.45) is 4.67. The average Bonchev–Trinajstić information content (AvgIpc) is 3.49. The Morgan fingerprint density at radius 3 is 2.90 bits per heavy atom. The van der Waals surface area contributed by atoms with E-state index in [2.05, 4.69) is 42.8 Å². The van der Waals surface area contributed by atoms with Gasteiger partial charge in [0, 0.05) is 36.1 Å². The van der Waals surface area contributed by atoms with Crippen LogP contribution in [0.5, 0.6) is 5.88 Å². The third kappa shape index (κ3) is 3.82. The molecular formula is C24H26N2O3. The summed E-state index contributed by atoms with van der Waals surface area (Å²) in [5, 5.41) is 0. The van der Waals surface area contributed by atoms with Crippen LogP contribution in [0.4, 0.5) is 0 Å². The van der Waals surface area contributed by atoms with Crippen LogP contribution < -0.4 is 10.4 Å². The van der Waals surface area contributed by atoms with Crippen molar-refractivity contribution >= 4 is 0 Å². The lowest BCUT2D eigenvalue weighted by atomic mass is 9.95. The highest BCUT2D eigenvalue weighted by molar-refractivity contribution is 5.68. The molecule has 2 fully saturated rings.